The number of hydrogen-bond acceptors (Lipinski definition) is 19. The Morgan fingerprint density at radius 1 is 0.485 bits per heavy atom. The maximum atomic E-state index is 13.9. The van der Waals surface area contributed by atoms with Crippen molar-refractivity contribution < 1.29 is 81.5 Å². The van der Waals surface area contributed by atoms with Crippen LogP contribution in [0.2, 0.25) is 0 Å². The number of methoxy groups -OCH3 is 5. The number of rotatable bonds is 22. The molecule has 7 amide bonds. The number of ether oxygens (including phenoxy) is 5. The fourth-order valence-electron chi connectivity index (χ4n) is 11.2. The maximum absolute atomic E-state index is 13.9. The minimum atomic E-state index is -1.25. The summed E-state index contributed by atoms with van der Waals surface area (Å²) in [6.07, 6.45) is -0.252. The van der Waals surface area contributed by atoms with Crippen molar-refractivity contribution in [3.05, 3.63) is 169 Å². The molecule has 97 heavy (non-hydrogen) atoms. The number of fused-ring (bicyclic) bond motifs is 5. The number of anilines is 6. The first-order valence-electron chi connectivity index (χ1n) is 30.7. The molecule has 27 heteroatoms. The first-order chi connectivity index (χ1) is 46.8. The first kappa shape index (κ1) is 72.0. The predicted molar refractivity (Wildman–Crippen MR) is 360 cm³/mol. The van der Waals surface area contributed by atoms with E-state index in [1.807, 2.05) is 78.9 Å². The van der Waals surface area contributed by atoms with Gasteiger partial charge in [0.1, 0.15) is 63.9 Å². The van der Waals surface area contributed by atoms with E-state index in [4.69, 9.17) is 29.8 Å². The Kier molecular flexibility index (Phi) is 25.7. The van der Waals surface area contributed by atoms with Gasteiger partial charge in [0.2, 0.25) is 23.6 Å². The van der Waals surface area contributed by atoms with Gasteiger partial charge in [-0.2, -0.15) is 0 Å². The van der Waals surface area contributed by atoms with Crippen LogP contribution < -0.4 is 51.1 Å². The predicted octanol–water partition coefficient (Wildman–Crippen LogP) is 3.49. The fourth-order valence-corrected chi connectivity index (χ4v) is 11.2. The number of nitrogens with zero attached hydrogens (tertiary/aromatic N) is 6. The van der Waals surface area contributed by atoms with Gasteiger partial charge < -0.3 is 70.0 Å². The molecule has 27 nitrogen and oxygen atoms in total. The molecule has 6 N–H and O–H groups in total. The Morgan fingerprint density at radius 2 is 0.835 bits per heavy atom. The number of nitrogens with one attached hydrogen (secondary N) is 3. The average Bonchev–Trinajstić information content (AvgIpc) is 1.68. The molecule has 0 radical (unpaired) electrons. The van der Waals surface area contributed by atoms with Crippen LogP contribution in [0.1, 0.15) is 17.5 Å². The maximum Gasteiger partial charge on any atom is 0.325 e. The van der Waals surface area contributed by atoms with Crippen molar-refractivity contribution in [1.29, 1.82) is 0 Å². The zero-order chi connectivity index (χ0) is 69.7. The largest absolute Gasteiger partial charge is 0.481 e. The van der Waals surface area contributed by atoms with Gasteiger partial charge in [0.05, 0.1) is 80.4 Å². The molecule has 7 aromatic rings. The van der Waals surface area contributed by atoms with Crippen molar-refractivity contribution in [1.82, 2.24) is 16.0 Å². The van der Waals surface area contributed by atoms with Gasteiger partial charge in [-0.1, -0.05) is 109 Å². The summed E-state index contributed by atoms with van der Waals surface area (Å²) in [4.78, 5) is 145. The molecule has 0 aromatic heterocycles. The molecule has 7 aromatic carbocycles. The van der Waals surface area contributed by atoms with Gasteiger partial charge in [-0.15, -0.1) is 0 Å². The molecule has 0 saturated carbocycles. The zero-order valence-corrected chi connectivity index (χ0v) is 54.1. The van der Waals surface area contributed by atoms with Gasteiger partial charge in [-0.3, -0.25) is 62.6 Å². The molecule has 0 aliphatic carbocycles. The number of aliphatic carboxylic acids is 1. The summed E-state index contributed by atoms with van der Waals surface area (Å²) < 4.78 is 24.5. The summed E-state index contributed by atoms with van der Waals surface area (Å²) in [5.41, 5.74) is 10.5. The number of para-hydroxylation sites is 6. The molecule has 4 atom stereocenters. The zero-order valence-electron chi connectivity index (χ0n) is 54.1. The van der Waals surface area contributed by atoms with Gasteiger partial charge in [-0.05, 0) is 81.2 Å². The lowest BCUT2D eigenvalue weighted by atomic mass is 10.1. The van der Waals surface area contributed by atoms with E-state index in [0.29, 0.717) is 53.5 Å². The van der Waals surface area contributed by atoms with Crippen LogP contribution in [0.5, 0.6) is 0 Å². The van der Waals surface area contributed by atoms with Crippen LogP contribution in [0.15, 0.2) is 158 Å². The lowest BCUT2D eigenvalue weighted by molar-refractivity contribution is -0.140. The third kappa shape index (κ3) is 18.4. The summed E-state index contributed by atoms with van der Waals surface area (Å²) in [5, 5.41) is 22.3. The van der Waals surface area contributed by atoms with Crippen LogP contribution in [-0.4, -0.2) is 189 Å². The van der Waals surface area contributed by atoms with Gasteiger partial charge in [0.25, 0.3) is 17.7 Å². The molecule has 0 fully saturated rings. The monoisotopic (exact) mass is 1330 g/mol. The van der Waals surface area contributed by atoms with E-state index in [9.17, 15) is 52.7 Å². The summed E-state index contributed by atoms with van der Waals surface area (Å²) in [5.74, 6) is -5.27. The molecule has 0 bridgehead atoms. The van der Waals surface area contributed by atoms with Gasteiger partial charge in [-0.25, -0.2) is 0 Å². The normalized spacial score (nSPS) is 16.1. The summed E-state index contributed by atoms with van der Waals surface area (Å²) in [7, 11) is 6.78. The number of carboxylic acid groups (broad SMARTS) is 1. The Labute approximate surface area is 558 Å². The van der Waals surface area contributed by atoms with Crippen LogP contribution >= 0.6 is 0 Å². The second-order valence-electron chi connectivity index (χ2n) is 22.4. The molecule has 508 valence electrons. The number of benzene rings is 7. The van der Waals surface area contributed by atoms with Gasteiger partial charge in [0.15, 0.2) is 0 Å². The van der Waals surface area contributed by atoms with Crippen molar-refractivity contribution in [2.45, 2.75) is 43.7 Å². The molecular weight excluding hydrogens is 1250 g/mol. The highest BCUT2D eigenvalue weighted by Gasteiger charge is 2.40. The number of amides is 7. The number of carboxylic acids is 1. The molecule has 0 unspecified atom stereocenters. The van der Waals surface area contributed by atoms with Crippen LogP contribution in [-0.2, 0) is 89.5 Å². The summed E-state index contributed by atoms with van der Waals surface area (Å²) in [6, 6.07) is 44.7. The van der Waals surface area contributed by atoms with Crippen LogP contribution in [0.4, 0.5) is 34.1 Å². The molecule has 0 saturated heterocycles. The standard InChI is InChI=1S/C29H30N4O7.C26H27N3O5.C15H19N3O5/c1-40-18-27(36)32-15-23(30-14-19-10-11-20-6-2-3-7-21(20)12-19)29(39)33(25-9-5-4-8-24(25)32)16-26(35)31-22(17-34)13-28(37)38;1-33-17-24(30)28-15-21(27-14-18-11-12-19-7-3-4-8-20(19)13-18)26(32)29(16-25(31)34-2)23-10-6-5-9-22(23)28;1-22-9-13(19)17-7-10(16)15(21)18(8-14(20)23-2)12-6-4-3-5-11(12)17/h2-12,17,22-23,30H,13-16,18H2,1H3,(H,31,35)(H,37,38);3-13,21,27H,14-17H2,1-2H3;3-6,10H,7-9,16H2,1-2H3/t22-,23-;21-;10-/m000/s1. The molecule has 3 aliphatic rings. The van der Waals surface area contributed by atoms with E-state index in [-0.39, 0.29) is 76.2 Å². The number of carbonyl (C=O) groups excluding carboxylic acids is 10. The molecule has 10 rings (SSSR count). The second-order valence-corrected chi connectivity index (χ2v) is 22.4. The first-order valence-corrected chi connectivity index (χ1v) is 30.7. The van der Waals surface area contributed by atoms with E-state index in [1.54, 1.807) is 72.8 Å². The van der Waals surface area contributed by atoms with Crippen LogP contribution in [0.3, 0.4) is 0 Å². The number of carbonyl (C=O) groups is 11. The third-order valence-corrected chi connectivity index (χ3v) is 15.9. The van der Waals surface area contributed by atoms with Crippen molar-refractivity contribution in [2.75, 3.05) is 124 Å². The van der Waals surface area contributed by atoms with E-state index < -0.39 is 72.8 Å². The Hall–Kier alpha value is -10.8. The van der Waals surface area contributed by atoms with Crippen LogP contribution in [0.25, 0.3) is 21.5 Å². The third-order valence-electron chi connectivity index (χ3n) is 15.9. The smallest absolute Gasteiger partial charge is 0.325 e. The molecule has 3 heterocycles. The van der Waals surface area contributed by atoms with E-state index >= 15 is 0 Å². The number of hydrogen-bond donors (Lipinski definition) is 5. The van der Waals surface area contributed by atoms with E-state index in [0.717, 1.165) is 32.7 Å². The molecule has 0 spiro atoms. The highest BCUT2D eigenvalue weighted by atomic mass is 16.5. The highest BCUT2D eigenvalue weighted by molar-refractivity contribution is 6.12. The Bertz CT molecular complexity index is 4040. The molecule has 3 aliphatic heterocycles. The summed E-state index contributed by atoms with van der Waals surface area (Å²) >= 11 is 0. The van der Waals surface area contributed by atoms with Gasteiger partial charge in [0, 0.05) is 34.4 Å². The minimum absolute atomic E-state index is 0.00964. The summed E-state index contributed by atoms with van der Waals surface area (Å²) in [6.45, 7) is -0.663. The molecular formula is C70H76N10O17. The lowest BCUT2D eigenvalue weighted by Crippen LogP contribution is -2.53. The number of esters is 2. The Morgan fingerprint density at radius 3 is 1.21 bits per heavy atom. The van der Waals surface area contributed by atoms with Crippen molar-refractivity contribution in [3.63, 3.8) is 0 Å². The number of nitrogens with two attached hydrogens (primary N) is 1. The second kappa shape index (κ2) is 34.6. The highest BCUT2D eigenvalue weighted by Crippen LogP contribution is 2.36. The minimum Gasteiger partial charge on any atom is -0.481 e. The Balaban J connectivity index is 0.000000193. The quantitative estimate of drug-likeness (QED) is 0.0479. The van der Waals surface area contributed by atoms with E-state index in [1.165, 1.54) is 64.9 Å². The average molecular weight is 1330 g/mol. The van der Waals surface area contributed by atoms with Crippen molar-refractivity contribution in [3.8, 4) is 0 Å². The number of aldehydes is 1. The fraction of sp³-hybridized carbons (Fsp3) is 0.300. The SMILES string of the molecule is COCC(=O)N1C[C@H](N)C(=O)N(CC(=O)OC)c2ccccc21.COCC(=O)N1C[C@H](NCc2ccc3ccccc3c2)C(=O)N(CC(=O)N[C@H](C=O)CC(=O)O)c2ccccc21.COCC(=O)N1C[C@H](NCc2ccc3ccccc3c2)C(=O)N(CC(=O)OC)c2ccccc21. The van der Waals surface area contributed by atoms with E-state index in [2.05, 4.69) is 26.8 Å². The lowest BCUT2D eigenvalue weighted by Gasteiger charge is -2.25. The van der Waals surface area contributed by atoms with Gasteiger partial charge >= 0.3 is 17.9 Å². The topological polar surface area (TPSA) is 336 Å². The van der Waals surface area contributed by atoms with Crippen molar-refractivity contribution >= 4 is 121 Å². The van der Waals surface area contributed by atoms with Crippen LogP contribution in [0, 0.1) is 0 Å². The van der Waals surface area contributed by atoms with Crippen molar-refractivity contribution in [2.24, 2.45) is 5.73 Å².